The average Bonchev–Trinajstić information content (AvgIpc) is 3.41. The van der Waals surface area contributed by atoms with Crippen LogP contribution in [0.5, 0.6) is 0 Å². The van der Waals surface area contributed by atoms with Gasteiger partial charge < -0.3 is 14.7 Å². The van der Waals surface area contributed by atoms with Crippen LogP contribution in [0.2, 0.25) is 5.02 Å². The minimum Gasteiger partial charge on any atom is -0.351 e. The predicted octanol–water partition coefficient (Wildman–Crippen LogP) is 3.88. The van der Waals surface area contributed by atoms with Gasteiger partial charge in [-0.25, -0.2) is 0 Å². The Balaban J connectivity index is 1.49. The third kappa shape index (κ3) is 4.24. The first-order valence-corrected chi connectivity index (χ1v) is 9.78. The van der Waals surface area contributed by atoms with Gasteiger partial charge in [0.1, 0.15) is 0 Å². The first-order chi connectivity index (χ1) is 13.7. The van der Waals surface area contributed by atoms with E-state index < -0.39 is 0 Å². The maximum atomic E-state index is 12.7. The van der Waals surface area contributed by atoms with Gasteiger partial charge in [-0.1, -0.05) is 28.9 Å². The second kappa shape index (κ2) is 8.54. The van der Waals surface area contributed by atoms with Crippen LogP contribution in [0.1, 0.15) is 23.2 Å². The van der Waals surface area contributed by atoms with Crippen molar-refractivity contribution >= 4 is 17.5 Å². The van der Waals surface area contributed by atoms with E-state index in [-0.39, 0.29) is 5.91 Å². The van der Waals surface area contributed by atoms with Crippen molar-refractivity contribution in [2.24, 2.45) is 0 Å². The van der Waals surface area contributed by atoms with Crippen LogP contribution in [0, 0.1) is 0 Å². The van der Waals surface area contributed by atoms with Crippen molar-refractivity contribution in [1.29, 1.82) is 0 Å². The molecule has 1 aromatic heterocycles. The van der Waals surface area contributed by atoms with Gasteiger partial charge in [0.15, 0.2) is 0 Å². The lowest BCUT2D eigenvalue weighted by Crippen LogP contribution is -2.33. The Bertz CT molecular complexity index is 949. The van der Waals surface area contributed by atoms with Crippen LogP contribution in [-0.2, 0) is 0 Å². The molecule has 7 heteroatoms. The summed E-state index contributed by atoms with van der Waals surface area (Å²) in [4.78, 5) is 19.5. The maximum Gasteiger partial charge on any atom is 0.259 e. The summed E-state index contributed by atoms with van der Waals surface area (Å²) in [7, 11) is 0. The maximum absolute atomic E-state index is 12.7. The number of benzene rings is 2. The molecular weight excluding hydrogens is 376 g/mol. The van der Waals surface area contributed by atoms with Gasteiger partial charge in [-0.05, 0) is 62.3 Å². The Morgan fingerprint density at radius 1 is 1.11 bits per heavy atom. The molecule has 1 aliphatic heterocycles. The fraction of sp³-hybridized carbons (Fsp3) is 0.286. The molecule has 1 amide bonds. The number of nitrogens with one attached hydrogen (secondary N) is 1. The Labute approximate surface area is 168 Å². The van der Waals surface area contributed by atoms with Crippen LogP contribution < -0.4 is 5.32 Å². The SMILES string of the molecule is O=C(NCCN1CCCC1)c1ccccc1-c1nc(-c2ccc(Cl)cc2)no1. The van der Waals surface area contributed by atoms with Crippen LogP contribution in [0.15, 0.2) is 53.1 Å². The van der Waals surface area contributed by atoms with Gasteiger partial charge in [-0.15, -0.1) is 0 Å². The normalized spacial score (nSPS) is 14.3. The molecule has 6 nitrogen and oxygen atoms in total. The highest BCUT2D eigenvalue weighted by Gasteiger charge is 2.18. The molecule has 3 aromatic rings. The van der Waals surface area contributed by atoms with E-state index in [1.165, 1.54) is 12.8 Å². The minimum absolute atomic E-state index is 0.138. The smallest absolute Gasteiger partial charge is 0.259 e. The Morgan fingerprint density at radius 2 is 1.86 bits per heavy atom. The summed E-state index contributed by atoms with van der Waals surface area (Å²) in [5, 5.41) is 7.68. The van der Waals surface area contributed by atoms with E-state index in [4.69, 9.17) is 16.1 Å². The van der Waals surface area contributed by atoms with Gasteiger partial charge in [0.05, 0.1) is 11.1 Å². The van der Waals surface area contributed by atoms with Gasteiger partial charge in [0.2, 0.25) is 5.82 Å². The topological polar surface area (TPSA) is 71.3 Å². The number of halogens is 1. The average molecular weight is 397 g/mol. The summed E-state index contributed by atoms with van der Waals surface area (Å²) < 4.78 is 5.43. The Morgan fingerprint density at radius 3 is 2.64 bits per heavy atom. The standard InChI is InChI=1S/C21H21ClN4O2/c22-16-9-7-15(8-10-16)19-24-21(28-25-19)18-6-2-1-5-17(18)20(27)23-11-14-26-12-3-4-13-26/h1-2,5-10H,3-4,11-14H2,(H,23,27). The van der Waals surface area contributed by atoms with Gasteiger partial charge in [0, 0.05) is 23.7 Å². The largest absolute Gasteiger partial charge is 0.351 e. The summed E-state index contributed by atoms with van der Waals surface area (Å²) in [5.41, 5.74) is 1.94. The van der Waals surface area contributed by atoms with E-state index in [1.54, 1.807) is 18.2 Å². The van der Waals surface area contributed by atoms with Crippen molar-refractivity contribution in [3.63, 3.8) is 0 Å². The van der Waals surface area contributed by atoms with Crippen molar-refractivity contribution in [2.45, 2.75) is 12.8 Å². The number of amides is 1. The third-order valence-electron chi connectivity index (χ3n) is 4.84. The molecule has 1 saturated heterocycles. The van der Waals surface area contributed by atoms with E-state index in [0.29, 0.717) is 34.4 Å². The van der Waals surface area contributed by atoms with E-state index in [1.807, 2.05) is 30.3 Å². The van der Waals surface area contributed by atoms with Crippen LogP contribution in [-0.4, -0.2) is 47.1 Å². The number of carbonyl (C=O) groups is 1. The summed E-state index contributed by atoms with van der Waals surface area (Å²) in [6, 6.07) is 14.5. The summed E-state index contributed by atoms with van der Waals surface area (Å²) in [5.74, 6) is 0.632. The van der Waals surface area contributed by atoms with Crippen molar-refractivity contribution in [1.82, 2.24) is 20.4 Å². The summed E-state index contributed by atoms with van der Waals surface area (Å²) >= 11 is 5.93. The van der Waals surface area contributed by atoms with Gasteiger partial charge >= 0.3 is 0 Å². The molecule has 0 atom stereocenters. The lowest BCUT2D eigenvalue weighted by Gasteiger charge is -2.15. The number of hydrogen-bond donors (Lipinski definition) is 1. The Hall–Kier alpha value is -2.70. The van der Waals surface area contributed by atoms with Crippen molar-refractivity contribution in [3.8, 4) is 22.8 Å². The van der Waals surface area contributed by atoms with Crippen molar-refractivity contribution < 1.29 is 9.32 Å². The lowest BCUT2D eigenvalue weighted by atomic mass is 10.1. The molecule has 1 fully saturated rings. The number of likely N-dealkylation sites (tertiary alicyclic amines) is 1. The molecule has 0 aliphatic carbocycles. The monoisotopic (exact) mass is 396 g/mol. The molecule has 1 N–H and O–H groups in total. The lowest BCUT2D eigenvalue weighted by molar-refractivity contribution is 0.0950. The van der Waals surface area contributed by atoms with Crippen molar-refractivity contribution in [2.75, 3.05) is 26.2 Å². The van der Waals surface area contributed by atoms with Crippen LogP contribution in [0.3, 0.4) is 0 Å². The van der Waals surface area contributed by atoms with E-state index >= 15 is 0 Å². The van der Waals surface area contributed by atoms with E-state index in [9.17, 15) is 4.79 Å². The second-order valence-electron chi connectivity index (χ2n) is 6.78. The molecule has 28 heavy (non-hydrogen) atoms. The summed E-state index contributed by atoms with van der Waals surface area (Å²) in [6.07, 6.45) is 2.48. The van der Waals surface area contributed by atoms with Crippen LogP contribution in [0.4, 0.5) is 0 Å². The molecule has 0 radical (unpaired) electrons. The zero-order valence-corrected chi connectivity index (χ0v) is 16.2. The zero-order chi connectivity index (χ0) is 19.3. The molecule has 0 unspecified atom stereocenters. The molecule has 0 spiro atoms. The zero-order valence-electron chi connectivity index (χ0n) is 15.4. The van der Waals surface area contributed by atoms with Gasteiger partial charge in [-0.3, -0.25) is 4.79 Å². The highest BCUT2D eigenvalue weighted by atomic mass is 35.5. The number of nitrogens with zero attached hydrogens (tertiary/aromatic N) is 3. The minimum atomic E-state index is -0.138. The van der Waals surface area contributed by atoms with Crippen LogP contribution >= 0.6 is 11.6 Å². The summed E-state index contributed by atoms with van der Waals surface area (Å²) in [6.45, 7) is 3.71. The van der Waals surface area contributed by atoms with Gasteiger partial charge in [-0.2, -0.15) is 4.98 Å². The van der Waals surface area contributed by atoms with E-state index in [2.05, 4.69) is 20.4 Å². The highest BCUT2D eigenvalue weighted by molar-refractivity contribution is 6.30. The molecule has 2 heterocycles. The van der Waals surface area contributed by atoms with Crippen molar-refractivity contribution in [3.05, 3.63) is 59.1 Å². The van der Waals surface area contributed by atoms with Gasteiger partial charge in [0.25, 0.3) is 11.8 Å². The second-order valence-corrected chi connectivity index (χ2v) is 7.22. The first kappa shape index (κ1) is 18.7. The predicted molar refractivity (Wildman–Crippen MR) is 108 cm³/mol. The third-order valence-corrected chi connectivity index (χ3v) is 5.09. The number of carbonyl (C=O) groups excluding carboxylic acids is 1. The highest BCUT2D eigenvalue weighted by Crippen LogP contribution is 2.26. The quantitative estimate of drug-likeness (QED) is 0.684. The molecule has 2 aromatic carbocycles. The first-order valence-electron chi connectivity index (χ1n) is 9.40. The molecule has 144 valence electrons. The fourth-order valence-corrected chi connectivity index (χ4v) is 3.47. The molecule has 1 aliphatic rings. The molecule has 0 bridgehead atoms. The number of rotatable bonds is 6. The molecular formula is C21H21ClN4O2. The number of hydrogen-bond acceptors (Lipinski definition) is 5. The van der Waals surface area contributed by atoms with Crippen LogP contribution in [0.25, 0.3) is 22.8 Å². The molecule has 4 rings (SSSR count). The van der Waals surface area contributed by atoms with E-state index in [0.717, 1.165) is 25.2 Å². The molecule has 0 saturated carbocycles. The number of aromatic nitrogens is 2. The fourth-order valence-electron chi connectivity index (χ4n) is 3.35. The Kier molecular flexibility index (Phi) is 5.69.